The molecule has 0 spiro atoms. The van der Waals surface area contributed by atoms with E-state index in [4.69, 9.17) is 14.2 Å². The molecule has 0 N–H and O–H groups in total. The molecule has 6 aromatic carbocycles. The van der Waals surface area contributed by atoms with Gasteiger partial charge in [0.05, 0.1) is 0 Å². The molecule has 0 aliphatic heterocycles. The van der Waals surface area contributed by atoms with E-state index < -0.39 is 0 Å². The lowest BCUT2D eigenvalue weighted by atomic mass is 10.0. The molecule has 0 aliphatic carbocycles. The Bertz CT molecular complexity index is 2240. The molecule has 0 fully saturated rings. The molecule has 0 unspecified atom stereocenters. The third kappa shape index (κ3) is 8.64. The fourth-order valence-electron chi connectivity index (χ4n) is 5.34. The average molecular weight is 1300 g/mol. The topological polar surface area (TPSA) is 66.4 Å². The number of ether oxygens (including phenoxy) is 3. The molecule has 7 rings (SSSR count). The number of hydrogen-bond donors (Lipinski definition) is 0. The van der Waals surface area contributed by atoms with Crippen molar-refractivity contribution >= 4 is 143 Å². The first-order chi connectivity index (χ1) is 26.0. The van der Waals surface area contributed by atoms with Crippen LogP contribution in [0.1, 0.15) is 0 Å². The van der Waals surface area contributed by atoms with Crippen LogP contribution in [-0.2, 0) is 0 Å². The van der Waals surface area contributed by atoms with E-state index in [1.807, 2.05) is 109 Å². The molecule has 0 atom stereocenters. The minimum Gasteiger partial charge on any atom is -0.423 e. The SMILES string of the molecule is Brc1cc(Oc2nc(Oc3cc(Br)c(Br)c(Br)c3-c3ccccc3)nc(Oc3cc(Br)c(Br)c(Br)c3-c3ccccc3)n2)c(-c2ccccc2)c(Br)c1Br. The second-order valence-corrected chi connectivity index (χ2v) is 18.5. The third-order valence-electron chi connectivity index (χ3n) is 7.74. The molecule has 0 radical (unpaired) electrons. The van der Waals surface area contributed by atoms with Gasteiger partial charge in [-0.1, -0.05) is 91.0 Å². The lowest BCUT2D eigenvalue weighted by molar-refractivity contribution is 0.363. The minimum absolute atomic E-state index is 0.0682. The number of nitrogens with zero attached hydrogens (tertiary/aromatic N) is 3. The van der Waals surface area contributed by atoms with Crippen molar-refractivity contribution in [3.8, 4) is 68.7 Å². The molecule has 0 amide bonds. The van der Waals surface area contributed by atoms with E-state index in [0.717, 1.165) is 73.6 Å². The van der Waals surface area contributed by atoms with E-state index >= 15 is 0 Å². The molecule has 15 heteroatoms. The van der Waals surface area contributed by atoms with Gasteiger partial charge in [0, 0.05) is 56.9 Å². The van der Waals surface area contributed by atoms with E-state index in [2.05, 4.69) is 158 Å². The van der Waals surface area contributed by atoms with Crippen LogP contribution in [0.4, 0.5) is 0 Å². The lowest BCUT2D eigenvalue weighted by Crippen LogP contribution is -2.03. The molecular weight excluding hydrogens is 1280 g/mol. The van der Waals surface area contributed by atoms with Crippen molar-refractivity contribution in [2.24, 2.45) is 0 Å². The van der Waals surface area contributed by atoms with Gasteiger partial charge >= 0.3 is 18.0 Å². The highest BCUT2D eigenvalue weighted by atomic mass is 79.9. The molecule has 0 saturated heterocycles. The van der Waals surface area contributed by atoms with Gasteiger partial charge in [0.15, 0.2) is 0 Å². The van der Waals surface area contributed by atoms with Crippen molar-refractivity contribution in [2.75, 3.05) is 0 Å². The van der Waals surface area contributed by atoms with Crippen LogP contribution in [0.2, 0.25) is 0 Å². The number of rotatable bonds is 9. The molecule has 270 valence electrons. The van der Waals surface area contributed by atoms with Crippen molar-refractivity contribution < 1.29 is 14.2 Å². The van der Waals surface area contributed by atoms with Gasteiger partial charge in [-0.2, -0.15) is 0 Å². The normalized spacial score (nSPS) is 11.1. The lowest BCUT2D eigenvalue weighted by Gasteiger charge is -2.18. The van der Waals surface area contributed by atoms with Crippen LogP contribution in [0.3, 0.4) is 0 Å². The van der Waals surface area contributed by atoms with Gasteiger partial charge in [-0.15, -0.1) is 15.0 Å². The molecule has 0 aliphatic rings. The summed E-state index contributed by atoms with van der Waals surface area (Å²) in [6.07, 6.45) is 0. The molecule has 6 nitrogen and oxygen atoms in total. The van der Waals surface area contributed by atoms with Crippen LogP contribution in [0, 0.1) is 0 Å². The Kier molecular flexibility index (Phi) is 13.2. The second-order valence-electron chi connectivity index (χ2n) is 11.2. The fraction of sp³-hybridized carbons (Fsp3) is 0. The Hall–Kier alpha value is -1.95. The van der Waals surface area contributed by atoms with E-state index in [9.17, 15) is 0 Å². The minimum atomic E-state index is -0.0682. The maximum Gasteiger partial charge on any atom is 0.331 e. The Morgan fingerprint density at radius 1 is 0.315 bits per heavy atom. The maximum absolute atomic E-state index is 6.55. The van der Waals surface area contributed by atoms with Gasteiger partial charge in [0.25, 0.3) is 0 Å². The van der Waals surface area contributed by atoms with Crippen molar-refractivity contribution in [2.45, 2.75) is 0 Å². The molecular formula is C39H18Br9N3O3. The molecule has 1 aromatic heterocycles. The number of benzene rings is 6. The Labute approximate surface area is 386 Å². The zero-order chi connectivity index (χ0) is 38.1. The van der Waals surface area contributed by atoms with E-state index in [0.29, 0.717) is 17.2 Å². The van der Waals surface area contributed by atoms with Gasteiger partial charge in [-0.25, -0.2) is 0 Å². The molecule has 7 aromatic rings. The summed E-state index contributed by atoms with van der Waals surface area (Å²) >= 11 is 33.3. The molecule has 1 heterocycles. The van der Waals surface area contributed by atoms with Gasteiger partial charge in [0.2, 0.25) is 0 Å². The summed E-state index contributed by atoms with van der Waals surface area (Å²) in [5, 5.41) is 0. The van der Waals surface area contributed by atoms with Crippen LogP contribution in [0.5, 0.6) is 35.3 Å². The zero-order valence-corrected chi connectivity index (χ0v) is 41.1. The van der Waals surface area contributed by atoms with Gasteiger partial charge in [-0.3, -0.25) is 0 Å². The zero-order valence-electron chi connectivity index (χ0n) is 26.9. The van der Waals surface area contributed by atoms with E-state index in [-0.39, 0.29) is 18.0 Å². The number of hydrogen-bond acceptors (Lipinski definition) is 6. The summed E-state index contributed by atoms with van der Waals surface area (Å²) in [7, 11) is 0. The smallest absolute Gasteiger partial charge is 0.331 e. The van der Waals surface area contributed by atoms with Gasteiger partial charge < -0.3 is 14.2 Å². The van der Waals surface area contributed by atoms with Crippen LogP contribution in [0.25, 0.3) is 33.4 Å². The summed E-state index contributed by atoms with van der Waals surface area (Å²) < 4.78 is 26.7. The average Bonchev–Trinajstić information content (AvgIpc) is 3.16. The van der Waals surface area contributed by atoms with Crippen molar-refractivity contribution in [1.29, 1.82) is 0 Å². The first-order valence-corrected chi connectivity index (χ1v) is 22.6. The highest BCUT2D eigenvalue weighted by Crippen LogP contribution is 2.49. The van der Waals surface area contributed by atoms with Crippen LogP contribution < -0.4 is 14.2 Å². The first kappa shape index (κ1) is 40.3. The Morgan fingerprint density at radius 2 is 0.556 bits per heavy atom. The van der Waals surface area contributed by atoms with Crippen molar-refractivity contribution in [1.82, 2.24) is 15.0 Å². The van der Waals surface area contributed by atoms with Crippen LogP contribution >= 0.6 is 143 Å². The van der Waals surface area contributed by atoms with Gasteiger partial charge in [-0.05, 0) is 178 Å². The molecule has 54 heavy (non-hydrogen) atoms. The summed E-state index contributed by atoms with van der Waals surface area (Å²) in [5.41, 5.74) is 5.04. The summed E-state index contributed by atoms with van der Waals surface area (Å²) in [4.78, 5) is 14.0. The Balaban J connectivity index is 1.41. The van der Waals surface area contributed by atoms with Crippen LogP contribution in [-0.4, -0.2) is 15.0 Å². The highest BCUT2D eigenvalue weighted by Gasteiger charge is 2.24. The third-order valence-corrected chi connectivity index (χ3v) is 17.7. The monoisotopic (exact) mass is 1290 g/mol. The highest BCUT2D eigenvalue weighted by molar-refractivity contribution is 9.15. The first-order valence-electron chi connectivity index (χ1n) is 15.5. The standard InChI is InChI=1S/C39H18Br9N3O3/c40-22-16-25(28(34(46)31(22)43)19-10-4-1-5-11-19)52-37-49-38(53-26-17-23(41)32(44)35(47)29(26)20-12-6-2-7-13-20)51-39(50-37)54-27-18-24(42)33(45)36(48)30(27)21-14-8-3-9-15-21/h1-18H. The fourth-order valence-corrected chi connectivity index (χ4v) is 10.2. The number of aromatic nitrogens is 3. The van der Waals surface area contributed by atoms with Gasteiger partial charge in [0.1, 0.15) is 17.2 Å². The summed E-state index contributed by atoms with van der Waals surface area (Å²) in [6, 6.07) is 34.9. The second kappa shape index (κ2) is 17.7. The van der Waals surface area contributed by atoms with E-state index in [1.165, 1.54) is 0 Å². The molecule has 0 bridgehead atoms. The largest absolute Gasteiger partial charge is 0.423 e. The quantitative estimate of drug-likeness (QED) is 0.134. The predicted molar refractivity (Wildman–Crippen MR) is 245 cm³/mol. The summed E-state index contributed by atoms with van der Waals surface area (Å²) in [5.74, 6) is 1.39. The molecule has 0 saturated carbocycles. The maximum atomic E-state index is 6.55. The number of halogens is 9. The van der Waals surface area contributed by atoms with Crippen LogP contribution in [0.15, 0.2) is 149 Å². The Morgan fingerprint density at radius 3 is 0.796 bits per heavy atom. The predicted octanol–water partition coefficient (Wildman–Crippen LogP) is 17.1. The summed E-state index contributed by atoms with van der Waals surface area (Å²) in [6.45, 7) is 0. The van der Waals surface area contributed by atoms with Crippen molar-refractivity contribution in [3.05, 3.63) is 149 Å². The van der Waals surface area contributed by atoms with E-state index in [1.54, 1.807) is 0 Å². The van der Waals surface area contributed by atoms with Crippen molar-refractivity contribution in [3.63, 3.8) is 0 Å².